The van der Waals surface area contributed by atoms with E-state index in [2.05, 4.69) is 5.32 Å². The van der Waals surface area contributed by atoms with Gasteiger partial charge in [0.1, 0.15) is 0 Å². The summed E-state index contributed by atoms with van der Waals surface area (Å²) in [5.41, 5.74) is 1.53. The zero-order valence-electron chi connectivity index (χ0n) is 13.2. The first-order valence-electron chi connectivity index (χ1n) is 7.31. The second kappa shape index (κ2) is 7.23. The molecule has 7 heteroatoms. The van der Waals surface area contributed by atoms with Crippen LogP contribution in [0.1, 0.15) is 32.4 Å². The fourth-order valence-electron chi connectivity index (χ4n) is 2.60. The van der Waals surface area contributed by atoms with E-state index in [0.29, 0.717) is 33.4 Å². The molecule has 0 bridgehead atoms. The molecule has 5 nitrogen and oxygen atoms in total. The third-order valence-electron chi connectivity index (χ3n) is 3.68. The van der Waals surface area contributed by atoms with Gasteiger partial charge >= 0.3 is 12.0 Å². The molecule has 1 aliphatic rings. The van der Waals surface area contributed by atoms with Crippen molar-refractivity contribution >= 4 is 35.2 Å². The number of benzene rings is 1. The van der Waals surface area contributed by atoms with Crippen molar-refractivity contribution in [2.75, 3.05) is 13.2 Å². The zero-order valence-corrected chi connectivity index (χ0v) is 14.7. The lowest BCUT2D eigenvalue weighted by molar-refractivity contribution is -0.139. The summed E-state index contributed by atoms with van der Waals surface area (Å²) in [7, 11) is 0. The molecule has 0 saturated carbocycles. The van der Waals surface area contributed by atoms with Crippen molar-refractivity contribution in [3.05, 3.63) is 45.1 Å². The van der Waals surface area contributed by atoms with Gasteiger partial charge in [-0.2, -0.15) is 0 Å². The highest BCUT2D eigenvalue weighted by Crippen LogP contribution is 2.35. The summed E-state index contributed by atoms with van der Waals surface area (Å²) in [5, 5.41) is 3.67. The molecule has 1 unspecified atom stereocenters. The predicted molar refractivity (Wildman–Crippen MR) is 89.4 cm³/mol. The predicted octanol–water partition coefficient (Wildman–Crippen LogP) is 3.92. The van der Waals surface area contributed by atoms with Gasteiger partial charge in [-0.05, 0) is 38.5 Å². The molecule has 0 aliphatic carbocycles. The molecule has 124 valence electrons. The summed E-state index contributed by atoms with van der Waals surface area (Å²) in [6, 6.07) is 3.99. The Balaban J connectivity index is 2.57. The second-order valence-corrected chi connectivity index (χ2v) is 5.86. The Kier molecular flexibility index (Phi) is 5.55. The monoisotopic (exact) mass is 356 g/mol. The Hall–Kier alpha value is -1.72. The van der Waals surface area contributed by atoms with Gasteiger partial charge in [0.2, 0.25) is 0 Å². The van der Waals surface area contributed by atoms with E-state index in [1.807, 2.05) is 6.92 Å². The third kappa shape index (κ3) is 3.46. The summed E-state index contributed by atoms with van der Waals surface area (Å²) in [6.45, 7) is 5.99. The number of amides is 2. The maximum Gasteiger partial charge on any atom is 0.338 e. The highest BCUT2D eigenvalue weighted by Gasteiger charge is 2.36. The van der Waals surface area contributed by atoms with E-state index in [1.54, 1.807) is 32.0 Å². The molecule has 1 aromatic carbocycles. The van der Waals surface area contributed by atoms with E-state index in [1.165, 1.54) is 4.90 Å². The van der Waals surface area contributed by atoms with Crippen LogP contribution in [0.4, 0.5) is 4.79 Å². The van der Waals surface area contributed by atoms with Gasteiger partial charge in [-0.25, -0.2) is 9.59 Å². The molecule has 0 saturated heterocycles. The van der Waals surface area contributed by atoms with Crippen LogP contribution in [0.15, 0.2) is 29.5 Å². The first kappa shape index (κ1) is 17.6. The highest BCUT2D eigenvalue weighted by molar-refractivity contribution is 6.35. The maximum absolute atomic E-state index is 12.4. The van der Waals surface area contributed by atoms with E-state index in [9.17, 15) is 9.59 Å². The number of esters is 1. The van der Waals surface area contributed by atoms with Gasteiger partial charge in [-0.3, -0.25) is 4.90 Å². The van der Waals surface area contributed by atoms with Crippen LogP contribution in [0, 0.1) is 0 Å². The molecule has 2 amide bonds. The Morgan fingerprint density at radius 1 is 1.35 bits per heavy atom. The van der Waals surface area contributed by atoms with Crippen LogP contribution >= 0.6 is 23.2 Å². The van der Waals surface area contributed by atoms with Crippen LogP contribution in [0.2, 0.25) is 10.0 Å². The van der Waals surface area contributed by atoms with E-state index < -0.39 is 12.0 Å². The van der Waals surface area contributed by atoms with Gasteiger partial charge in [0, 0.05) is 22.3 Å². The van der Waals surface area contributed by atoms with Crippen LogP contribution in [-0.2, 0) is 9.53 Å². The molecule has 0 fully saturated rings. The fraction of sp³-hybridized carbons (Fsp3) is 0.375. The quantitative estimate of drug-likeness (QED) is 0.831. The number of allylic oxidation sites excluding steroid dienone is 1. The van der Waals surface area contributed by atoms with E-state index >= 15 is 0 Å². The lowest BCUT2D eigenvalue weighted by Gasteiger charge is -2.35. The average Bonchev–Trinajstić information content (AvgIpc) is 2.47. The topological polar surface area (TPSA) is 58.6 Å². The minimum atomic E-state index is -0.672. The van der Waals surface area contributed by atoms with Crippen molar-refractivity contribution in [3.63, 3.8) is 0 Å². The van der Waals surface area contributed by atoms with Crippen LogP contribution in [0.3, 0.4) is 0 Å². The number of hydrogen-bond donors (Lipinski definition) is 1. The highest BCUT2D eigenvalue weighted by atomic mass is 35.5. The number of ether oxygens (including phenoxy) is 1. The van der Waals surface area contributed by atoms with Crippen LogP contribution < -0.4 is 5.32 Å². The number of rotatable bonds is 4. The summed E-state index contributed by atoms with van der Waals surface area (Å²) in [4.78, 5) is 26.2. The minimum absolute atomic E-state index is 0.247. The lowest BCUT2D eigenvalue weighted by atomic mass is 9.95. The van der Waals surface area contributed by atoms with Crippen LogP contribution in [0.5, 0.6) is 0 Å². The molecule has 1 aliphatic heterocycles. The molecule has 0 radical (unpaired) electrons. The summed E-state index contributed by atoms with van der Waals surface area (Å²) >= 11 is 12.2. The molecular formula is C16H18Cl2N2O3. The number of carbonyl (C=O) groups excluding carboxylic acids is 2. The average molecular weight is 357 g/mol. The van der Waals surface area contributed by atoms with E-state index in [-0.39, 0.29) is 12.6 Å². The Morgan fingerprint density at radius 3 is 2.61 bits per heavy atom. The number of carbonyl (C=O) groups is 2. The van der Waals surface area contributed by atoms with Crippen molar-refractivity contribution in [1.29, 1.82) is 0 Å². The summed E-state index contributed by atoms with van der Waals surface area (Å²) in [5.74, 6) is -0.473. The van der Waals surface area contributed by atoms with Crippen molar-refractivity contribution in [1.82, 2.24) is 10.2 Å². The largest absolute Gasteiger partial charge is 0.463 e. The smallest absolute Gasteiger partial charge is 0.338 e. The third-order valence-corrected chi connectivity index (χ3v) is 4.24. The SMILES string of the molecule is CCOC(=O)C1=C(C)N(CC)C(=O)NC1c1ccc(Cl)cc1Cl. The summed E-state index contributed by atoms with van der Waals surface area (Å²) in [6.07, 6.45) is 0. The molecule has 1 aromatic rings. The zero-order chi connectivity index (χ0) is 17.1. The first-order valence-corrected chi connectivity index (χ1v) is 8.07. The standard InChI is InChI=1S/C16H18Cl2N2O3/c1-4-20-9(3)13(15(21)23-5-2)14(19-16(20)22)11-7-6-10(17)8-12(11)18/h6-8,14H,4-5H2,1-3H3,(H,19,22). The van der Waals surface area contributed by atoms with E-state index in [0.717, 1.165) is 0 Å². The first-order chi connectivity index (χ1) is 10.9. The van der Waals surface area contributed by atoms with Gasteiger partial charge in [0.25, 0.3) is 0 Å². The van der Waals surface area contributed by atoms with Crippen LogP contribution in [0.25, 0.3) is 0 Å². The van der Waals surface area contributed by atoms with Gasteiger partial charge in [0.05, 0.1) is 18.2 Å². The number of urea groups is 1. The number of nitrogens with zero attached hydrogens (tertiary/aromatic N) is 1. The Labute approximate surface area is 145 Å². The van der Waals surface area contributed by atoms with E-state index in [4.69, 9.17) is 27.9 Å². The molecule has 1 N–H and O–H groups in total. The van der Waals surface area contributed by atoms with Gasteiger partial charge in [-0.1, -0.05) is 29.3 Å². The number of hydrogen-bond acceptors (Lipinski definition) is 3. The van der Waals surface area contributed by atoms with Crippen LogP contribution in [-0.4, -0.2) is 30.1 Å². The van der Waals surface area contributed by atoms with Crippen molar-refractivity contribution in [2.45, 2.75) is 26.8 Å². The number of halogens is 2. The molecule has 1 heterocycles. The Bertz CT molecular complexity index is 673. The molecule has 23 heavy (non-hydrogen) atoms. The van der Waals surface area contributed by atoms with Crippen molar-refractivity contribution in [2.24, 2.45) is 0 Å². The van der Waals surface area contributed by atoms with Gasteiger partial charge in [-0.15, -0.1) is 0 Å². The van der Waals surface area contributed by atoms with Gasteiger partial charge < -0.3 is 10.1 Å². The van der Waals surface area contributed by atoms with Crippen molar-refractivity contribution in [3.8, 4) is 0 Å². The maximum atomic E-state index is 12.4. The summed E-state index contributed by atoms with van der Waals surface area (Å²) < 4.78 is 5.15. The van der Waals surface area contributed by atoms with Crippen molar-refractivity contribution < 1.29 is 14.3 Å². The lowest BCUT2D eigenvalue weighted by Crippen LogP contribution is -2.48. The minimum Gasteiger partial charge on any atom is -0.463 e. The molecule has 0 spiro atoms. The molecular weight excluding hydrogens is 339 g/mol. The fourth-order valence-corrected chi connectivity index (χ4v) is 3.12. The second-order valence-electron chi connectivity index (χ2n) is 5.01. The molecule has 2 rings (SSSR count). The number of nitrogens with one attached hydrogen (secondary N) is 1. The molecule has 0 aromatic heterocycles. The molecule has 1 atom stereocenters. The normalized spacial score (nSPS) is 18.0. The van der Waals surface area contributed by atoms with Gasteiger partial charge in [0.15, 0.2) is 0 Å². The Morgan fingerprint density at radius 2 is 2.04 bits per heavy atom.